The molecule has 0 N–H and O–H groups in total. The number of carbonyl (C=O) groups is 1. The monoisotopic (exact) mass is 431 g/mol. The minimum atomic E-state index is -0.268. The number of carbonyl (C=O) groups excluding carboxylic acids is 1. The number of nitrogens with zero attached hydrogens (tertiary/aromatic N) is 3. The van der Waals surface area contributed by atoms with Gasteiger partial charge in [0.1, 0.15) is 6.54 Å². The first-order valence-corrected chi connectivity index (χ1v) is 9.45. The van der Waals surface area contributed by atoms with Gasteiger partial charge in [-0.3, -0.25) is 9.59 Å². The fraction of sp³-hybridized carbons (Fsp3) is 0.211. The molecule has 132 valence electrons. The average Bonchev–Trinajstić information content (AvgIpc) is 2.63. The summed E-state index contributed by atoms with van der Waals surface area (Å²) in [7, 11) is 0. The molecule has 7 heteroatoms. The third kappa shape index (κ3) is 3.04. The lowest BCUT2D eigenvalue weighted by Gasteiger charge is -2.30. The maximum Gasteiger partial charge on any atom is 0.275 e. The summed E-state index contributed by atoms with van der Waals surface area (Å²) in [6, 6.07) is 11.0. The Bertz CT molecular complexity index is 1080. The van der Waals surface area contributed by atoms with E-state index >= 15 is 0 Å². The molecule has 5 nitrogen and oxygen atoms in total. The minimum Gasteiger partial charge on any atom is -0.309 e. The van der Waals surface area contributed by atoms with E-state index in [0.717, 1.165) is 34.0 Å². The molecule has 0 saturated carbocycles. The van der Waals surface area contributed by atoms with E-state index in [1.54, 1.807) is 29.3 Å². The summed E-state index contributed by atoms with van der Waals surface area (Å²) in [6.45, 7) is 0.463. The van der Waals surface area contributed by atoms with Gasteiger partial charge in [-0.15, -0.1) is 0 Å². The van der Waals surface area contributed by atoms with Gasteiger partial charge in [0.05, 0.1) is 22.3 Å². The Balaban J connectivity index is 1.69. The first-order chi connectivity index (χ1) is 12.5. The number of anilines is 1. The molecular formula is C19H15BrClN3O2. The lowest BCUT2D eigenvalue weighted by Crippen LogP contribution is -2.40. The van der Waals surface area contributed by atoms with Crippen molar-refractivity contribution in [1.29, 1.82) is 0 Å². The molecule has 0 atom stereocenters. The predicted octanol–water partition coefficient (Wildman–Crippen LogP) is 3.79. The van der Waals surface area contributed by atoms with E-state index in [0.29, 0.717) is 17.0 Å². The first kappa shape index (κ1) is 17.2. The standard InChI is InChI=1S/C19H15BrClN3O2/c20-14-8-12-5-3-7-23(18(12)16(21)9-14)17(25)11-24-19(26)15-6-2-1-4-13(15)10-22-24/h1-2,4,6,8-10H,3,5,7,11H2. The van der Waals surface area contributed by atoms with Crippen LogP contribution in [-0.2, 0) is 17.8 Å². The zero-order valence-electron chi connectivity index (χ0n) is 13.8. The van der Waals surface area contributed by atoms with Gasteiger partial charge >= 0.3 is 0 Å². The number of hydrogen-bond donors (Lipinski definition) is 0. The SMILES string of the molecule is O=C(Cn1ncc2ccccc2c1=O)N1CCCc2cc(Br)cc(Cl)c21. The number of aryl methyl sites for hydroxylation is 1. The van der Waals surface area contributed by atoms with Gasteiger partial charge in [-0.2, -0.15) is 5.10 Å². The van der Waals surface area contributed by atoms with Gasteiger partial charge in [0.15, 0.2) is 0 Å². The molecule has 0 fully saturated rings. The minimum absolute atomic E-state index is 0.116. The maximum atomic E-state index is 12.9. The number of rotatable bonds is 2. The summed E-state index contributed by atoms with van der Waals surface area (Å²) in [4.78, 5) is 27.2. The summed E-state index contributed by atoms with van der Waals surface area (Å²) in [5.74, 6) is -0.194. The third-order valence-corrected chi connectivity index (χ3v) is 5.30. The van der Waals surface area contributed by atoms with Gasteiger partial charge in [-0.25, -0.2) is 4.68 Å². The maximum absolute atomic E-state index is 12.9. The van der Waals surface area contributed by atoms with E-state index < -0.39 is 0 Å². The predicted molar refractivity (Wildman–Crippen MR) is 106 cm³/mol. The van der Waals surface area contributed by atoms with Crippen molar-refractivity contribution in [3.05, 3.63) is 68.0 Å². The van der Waals surface area contributed by atoms with Gasteiger partial charge in [-0.1, -0.05) is 45.7 Å². The summed E-state index contributed by atoms with van der Waals surface area (Å²) < 4.78 is 2.11. The van der Waals surface area contributed by atoms with Crippen LogP contribution in [-0.4, -0.2) is 22.2 Å². The zero-order chi connectivity index (χ0) is 18.3. The molecule has 1 amide bonds. The van der Waals surface area contributed by atoms with Crippen molar-refractivity contribution in [3.8, 4) is 0 Å². The molecule has 0 aliphatic carbocycles. The van der Waals surface area contributed by atoms with Crippen molar-refractivity contribution in [2.24, 2.45) is 0 Å². The van der Waals surface area contributed by atoms with E-state index in [9.17, 15) is 9.59 Å². The van der Waals surface area contributed by atoms with Crippen LogP contribution in [0.15, 0.2) is 51.9 Å². The lowest BCUT2D eigenvalue weighted by molar-refractivity contribution is -0.119. The van der Waals surface area contributed by atoms with E-state index in [-0.39, 0.29) is 18.0 Å². The molecule has 0 spiro atoms. The fourth-order valence-corrected chi connectivity index (χ4v) is 4.33. The van der Waals surface area contributed by atoms with Crippen molar-refractivity contribution in [2.75, 3.05) is 11.4 Å². The van der Waals surface area contributed by atoms with Crippen LogP contribution < -0.4 is 10.5 Å². The Morgan fingerprint density at radius 2 is 2.08 bits per heavy atom. The molecule has 2 heterocycles. The van der Waals surface area contributed by atoms with Crippen LogP contribution >= 0.6 is 27.5 Å². The van der Waals surface area contributed by atoms with E-state index in [4.69, 9.17) is 11.6 Å². The highest BCUT2D eigenvalue weighted by atomic mass is 79.9. The largest absolute Gasteiger partial charge is 0.309 e. The van der Waals surface area contributed by atoms with Crippen LogP contribution in [0.5, 0.6) is 0 Å². The molecule has 0 bridgehead atoms. The van der Waals surface area contributed by atoms with Crippen molar-refractivity contribution in [2.45, 2.75) is 19.4 Å². The smallest absolute Gasteiger partial charge is 0.275 e. The third-order valence-electron chi connectivity index (χ3n) is 4.55. The van der Waals surface area contributed by atoms with Crippen LogP contribution in [0.4, 0.5) is 5.69 Å². The number of amides is 1. The second-order valence-corrected chi connectivity index (χ2v) is 7.56. The summed E-state index contributed by atoms with van der Waals surface area (Å²) in [5.41, 5.74) is 1.50. The number of benzene rings is 2. The zero-order valence-corrected chi connectivity index (χ0v) is 16.1. The van der Waals surface area contributed by atoms with E-state index in [1.807, 2.05) is 18.2 Å². The van der Waals surface area contributed by atoms with Crippen molar-refractivity contribution in [1.82, 2.24) is 9.78 Å². The number of aromatic nitrogens is 2. The normalized spacial score (nSPS) is 13.7. The van der Waals surface area contributed by atoms with Crippen LogP contribution in [0, 0.1) is 0 Å². The Kier molecular flexibility index (Phi) is 4.54. The second kappa shape index (κ2) is 6.85. The van der Waals surface area contributed by atoms with Gasteiger partial charge < -0.3 is 4.90 Å². The Morgan fingerprint density at radius 3 is 2.92 bits per heavy atom. The van der Waals surface area contributed by atoms with Crippen LogP contribution in [0.2, 0.25) is 5.02 Å². The van der Waals surface area contributed by atoms with E-state index in [2.05, 4.69) is 21.0 Å². The first-order valence-electron chi connectivity index (χ1n) is 8.28. The summed E-state index contributed by atoms with van der Waals surface area (Å²) >= 11 is 9.83. The van der Waals surface area contributed by atoms with Gasteiger partial charge in [0.2, 0.25) is 5.91 Å². The van der Waals surface area contributed by atoms with Crippen LogP contribution in [0.3, 0.4) is 0 Å². The van der Waals surface area contributed by atoms with Gasteiger partial charge in [-0.05, 0) is 36.6 Å². The topological polar surface area (TPSA) is 55.2 Å². The highest BCUT2D eigenvalue weighted by molar-refractivity contribution is 9.10. The Morgan fingerprint density at radius 1 is 1.27 bits per heavy atom. The molecule has 0 saturated heterocycles. The molecule has 0 unspecified atom stereocenters. The number of fused-ring (bicyclic) bond motifs is 2. The van der Waals surface area contributed by atoms with Crippen molar-refractivity contribution >= 4 is 49.9 Å². The number of hydrogen-bond acceptors (Lipinski definition) is 3. The Hall–Kier alpha value is -2.18. The molecule has 1 aliphatic rings. The molecule has 3 aromatic rings. The number of halogens is 2. The summed E-state index contributed by atoms with van der Waals surface area (Å²) in [6.07, 6.45) is 3.33. The lowest BCUT2D eigenvalue weighted by atomic mass is 10.0. The molecular weight excluding hydrogens is 418 g/mol. The average molecular weight is 433 g/mol. The van der Waals surface area contributed by atoms with Gasteiger partial charge in [0, 0.05) is 16.4 Å². The second-order valence-electron chi connectivity index (χ2n) is 6.24. The fourth-order valence-electron chi connectivity index (χ4n) is 3.35. The van der Waals surface area contributed by atoms with Gasteiger partial charge in [0.25, 0.3) is 5.56 Å². The molecule has 2 aromatic carbocycles. The van der Waals surface area contributed by atoms with Crippen molar-refractivity contribution in [3.63, 3.8) is 0 Å². The highest BCUT2D eigenvalue weighted by Gasteiger charge is 2.26. The Labute approximate surface area is 163 Å². The summed E-state index contributed by atoms with van der Waals surface area (Å²) in [5, 5.41) is 5.99. The molecule has 1 aromatic heterocycles. The molecule has 26 heavy (non-hydrogen) atoms. The highest BCUT2D eigenvalue weighted by Crippen LogP contribution is 2.37. The molecule has 0 radical (unpaired) electrons. The van der Waals surface area contributed by atoms with Crippen LogP contribution in [0.25, 0.3) is 10.8 Å². The quantitative estimate of drug-likeness (QED) is 0.619. The van der Waals surface area contributed by atoms with Crippen molar-refractivity contribution < 1.29 is 4.79 Å². The van der Waals surface area contributed by atoms with Crippen LogP contribution in [0.1, 0.15) is 12.0 Å². The van der Waals surface area contributed by atoms with E-state index in [1.165, 1.54) is 4.68 Å². The molecule has 1 aliphatic heterocycles. The molecule has 4 rings (SSSR count).